The monoisotopic (exact) mass is 234 g/mol. The van der Waals surface area contributed by atoms with E-state index in [2.05, 4.69) is 0 Å². The highest BCUT2D eigenvalue weighted by Gasteiger charge is 2.15. The summed E-state index contributed by atoms with van der Waals surface area (Å²) in [6.07, 6.45) is -0.699. The van der Waals surface area contributed by atoms with E-state index in [1.807, 2.05) is 6.92 Å². The Morgan fingerprint density at radius 2 is 2.07 bits per heavy atom. The summed E-state index contributed by atoms with van der Waals surface area (Å²) in [4.78, 5) is 0. The van der Waals surface area contributed by atoms with Gasteiger partial charge in [-0.3, -0.25) is 0 Å². The molecule has 0 aliphatic rings. The normalized spacial score (nSPS) is 12.6. The van der Waals surface area contributed by atoms with Gasteiger partial charge in [0.05, 0.1) is 17.7 Å². The highest BCUT2D eigenvalue weighted by molar-refractivity contribution is 6.37. The summed E-state index contributed by atoms with van der Waals surface area (Å²) in [5, 5.41) is 10.3. The Balaban J connectivity index is 3.19. The van der Waals surface area contributed by atoms with Gasteiger partial charge in [0.15, 0.2) is 0 Å². The van der Waals surface area contributed by atoms with Gasteiger partial charge in [0, 0.05) is 10.6 Å². The molecule has 1 atom stereocenters. The molecular formula is C10H12Cl2O2. The van der Waals surface area contributed by atoms with Crippen LogP contribution in [0.1, 0.15) is 25.5 Å². The number of aliphatic hydroxyl groups excluding tert-OH is 1. The zero-order valence-corrected chi connectivity index (χ0v) is 9.56. The maximum Gasteiger partial charge on any atom is 0.138 e. The number of hydrogen-bond donors (Lipinski definition) is 1. The van der Waals surface area contributed by atoms with E-state index >= 15 is 0 Å². The molecule has 0 amide bonds. The third-order valence-electron chi connectivity index (χ3n) is 1.81. The Morgan fingerprint density at radius 1 is 1.43 bits per heavy atom. The van der Waals surface area contributed by atoms with E-state index in [4.69, 9.17) is 27.9 Å². The van der Waals surface area contributed by atoms with Gasteiger partial charge in [-0.25, -0.2) is 0 Å². The molecule has 1 aromatic rings. The fourth-order valence-electron chi connectivity index (χ4n) is 1.20. The molecule has 0 spiro atoms. The van der Waals surface area contributed by atoms with Crippen molar-refractivity contribution in [3.63, 3.8) is 0 Å². The van der Waals surface area contributed by atoms with Crippen molar-refractivity contribution in [1.82, 2.24) is 0 Å². The van der Waals surface area contributed by atoms with E-state index in [1.54, 1.807) is 19.1 Å². The van der Waals surface area contributed by atoms with Crippen LogP contribution in [0.5, 0.6) is 5.75 Å². The minimum absolute atomic E-state index is 0.384. The number of aliphatic hydroxyl groups is 1. The molecule has 1 rings (SSSR count). The molecule has 0 fully saturated rings. The number of benzene rings is 1. The lowest BCUT2D eigenvalue weighted by molar-refractivity contribution is 0.199. The molecule has 0 saturated carbocycles. The average Bonchev–Trinajstić information content (AvgIpc) is 2.10. The van der Waals surface area contributed by atoms with Gasteiger partial charge in [-0.1, -0.05) is 23.2 Å². The molecule has 0 heterocycles. The van der Waals surface area contributed by atoms with Gasteiger partial charge in [0.2, 0.25) is 0 Å². The van der Waals surface area contributed by atoms with Crippen molar-refractivity contribution in [2.24, 2.45) is 0 Å². The van der Waals surface area contributed by atoms with E-state index in [0.717, 1.165) is 0 Å². The van der Waals surface area contributed by atoms with Crippen LogP contribution in [0, 0.1) is 0 Å². The predicted octanol–water partition coefficient (Wildman–Crippen LogP) is 3.45. The fourth-order valence-corrected chi connectivity index (χ4v) is 1.94. The molecule has 1 N–H and O–H groups in total. The summed E-state index contributed by atoms with van der Waals surface area (Å²) >= 11 is 11.9. The molecular weight excluding hydrogens is 223 g/mol. The molecule has 0 saturated heterocycles. The molecule has 0 bridgehead atoms. The summed E-state index contributed by atoms with van der Waals surface area (Å²) in [5.41, 5.74) is 0.513. The van der Waals surface area contributed by atoms with Crippen molar-refractivity contribution in [2.45, 2.75) is 20.0 Å². The number of halogens is 2. The van der Waals surface area contributed by atoms with Crippen molar-refractivity contribution in [3.8, 4) is 5.75 Å². The molecule has 14 heavy (non-hydrogen) atoms. The molecule has 0 radical (unpaired) electrons. The van der Waals surface area contributed by atoms with Crippen LogP contribution in [0.15, 0.2) is 12.1 Å². The van der Waals surface area contributed by atoms with Crippen molar-refractivity contribution in [2.75, 3.05) is 6.61 Å². The first-order valence-electron chi connectivity index (χ1n) is 4.36. The topological polar surface area (TPSA) is 29.5 Å². The van der Waals surface area contributed by atoms with Crippen molar-refractivity contribution >= 4 is 23.2 Å². The van der Waals surface area contributed by atoms with Gasteiger partial charge in [0.25, 0.3) is 0 Å². The van der Waals surface area contributed by atoms with E-state index in [-0.39, 0.29) is 0 Å². The molecule has 1 unspecified atom stereocenters. The van der Waals surface area contributed by atoms with Crippen LogP contribution in [0.3, 0.4) is 0 Å². The van der Waals surface area contributed by atoms with E-state index < -0.39 is 6.10 Å². The van der Waals surface area contributed by atoms with Crippen LogP contribution in [0.25, 0.3) is 0 Å². The quantitative estimate of drug-likeness (QED) is 0.869. The molecule has 78 valence electrons. The largest absolute Gasteiger partial charge is 0.492 e. The van der Waals surface area contributed by atoms with Crippen LogP contribution in [-0.2, 0) is 0 Å². The zero-order valence-electron chi connectivity index (χ0n) is 8.05. The Morgan fingerprint density at radius 3 is 2.57 bits per heavy atom. The lowest BCUT2D eigenvalue weighted by atomic mass is 10.1. The molecule has 0 aliphatic heterocycles. The van der Waals surface area contributed by atoms with Gasteiger partial charge in [0.1, 0.15) is 5.75 Å². The third kappa shape index (κ3) is 2.32. The first-order chi connectivity index (χ1) is 6.57. The number of ether oxygens (including phenoxy) is 1. The van der Waals surface area contributed by atoms with Crippen molar-refractivity contribution in [3.05, 3.63) is 27.7 Å². The van der Waals surface area contributed by atoms with Crippen LogP contribution in [0.2, 0.25) is 10.0 Å². The molecule has 1 aromatic carbocycles. The maximum absolute atomic E-state index is 9.45. The Kier molecular flexibility index (Phi) is 4.05. The first-order valence-corrected chi connectivity index (χ1v) is 5.12. The van der Waals surface area contributed by atoms with E-state index in [9.17, 15) is 5.11 Å². The smallest absolute Gasteiger partial charge is 0.138 e. The summed E-state index contributed by atoms with van der Waals surface area (Å²) in [5.74, 6) is 0.550. The number of hydrogen-bond acceptors (Lipinski definition) is 2. The van der Waals surface area contributed by atoms with E-state index in [1.165, 1.54) is 0 Å². The Hall–Kier alpha value is -0.440. The minimum Gasteiger partial charge on any atom is -0.492 e. The average molecular weight is 235 g/mol. The SMILES string of the molecule is CCOc1ccc(Cl)c(C(C)O)c1Cl. The zero-order chi connectivity index (χ0) is 10.7. The van der Waals surface area contributed by atoms with Crippen molar-refractivity contribution < 1.29 is 9.84 Å². The standard InChI is InChI=1S/C10H12Cl2O2/c1-3-14-8-5-4-7(11)9(6(2)13)10(8)12/h4-6,13H,3H2,1-2H3. The summed E-state index contributed by atoms with van der Waals surface area (Å²) < 4.78 is 5.28. The van der Waals surface area contributed by atoms with Crippen LogP contribution < -0.4 is 4.74 Å². The summed E-state index contributed by atoms with van der Waals surface area (Å²) in [6.45, 7) is 4.01. The van der Waals surface area contributed by atoms with Gasteiger partial charge >= 0.3 is 0 Å². The predicted molar refractivity (Wildman–Crippen MR) is 58.3 cm³/mol. The Bertz CT molecular complexity index is 324. The highest BCUT2D eigenvalue weighted by Crippen LogP contribution is 2.36. The van der Waals surface area contributed by atoms with E-state index in [0.29, 0.717) is 28.0 Å². The second kappa shape index (κ2) is 4.87. The third-order valence-corrected chi connectivity index (χ3v) is 2.53. The highest BCUT2D eigenvalue weighted by atomic mass is 35.5. The molecule has 0 aromatic heterocycles. The molecule has 4 heteroatoms. The molecule has 2 nitrogen and oxygen atoms in total. The van der Waals surface area contributed by atoms with Crippen LogP contribution in [-0.4, -0.2) is 11.7 Å². The van der Waals surface area contributed by atoms with Gasteiger partial charge in [-0.2, -0.15) is 0 Å². The second-order valence-corrected chi connectivity index (χ2v) is 3.67. The maximum atomic E-state index is 9.45. The summed E-state index contributed by atoms with van der Waals surface area (Å²) in [7, 11) is 0. The lowest BCUT2D eigenvalue weighted by Crippen LogP contribution is -1.98. The van der Waals surface area contributed by atoms with Crippen LogP contribution in [0.4, 0.5) is 0 Å². The number of rotatable bonds is 3. The van der Waals surface area contributed by atoms with Gasteiger partial charge in [-0.05, 0) is 26.0 Å². The Labute approximate surface area is 93.4 Å². The van der Waals surface area contributed by atoms with Crippen molar-refractivity contribution in [1.29, 1.82) is 0 Å². The molecule has 0 aliphatic carbocycles. The lowest BCUT2D eigenvalue weighted by Gasteiger charge is -2.13. The van der Waals surface area contributed by atoms with Crippen LogP contribution >= 0.6 is 23.2 Å². The fraction of sp³-hybridized carbons (Fsp3) is 0.400. The summed E-state index contributed by atoms with van der Waals surface area (Å²) in [6, 6.07) is 3.36. The second-order valence-electron chi connectivity index (χ2n) is 2.88. The van der Waals surface area contributed by atoms with Gasteiger partial charge < -0.3 is 9.84 Å². The first kappa shape index (κ1) is 11.6. The minimum atomic E-state index is -0.699. The van der Waals surface area contributed by atoms with Gasteiger partial charge in [-0.15, -0.1) is 0 Å².